The minimum absolute atomic E-state index is 0.157. The smallest absolute Gasteiger partial charge is 0.222 e. The van der Waals surface area contributed by atoms with Gasteiger partial charge in [0.05, 0.1) is 22.0 Å². The maximum Gasteiger partial charge on any atom is 0.222 e. The van der Waals surface area contributed by atoms with Crippen LogP contribution >= 0.6 is 22.9 Å². The van der Waals surface area contributed by atoms with Gasteiger partial charge in [0, 0.05) is 13.2 Å². The molecular weight excluding hydrogens is 244 g/mol. The van der Waals surface area contributed by atoms with Crippen LogP contribution in [-0.4, -0.2) is 22.7 Å². The van der Waals surface area contributed by atoms with Crippen LogP contribution in [0.5, 0.6) is 0 Å². The van der Waals surface area contributed by atoms with E-state index < -0.39 is 0 Å². The van der Waals surface area contributed by atoms with Crippen LogP contribution in [0.1, 0.15) is 10.6 Å². The molecule has 0 fully saturated rings. The van der Waals surface area contributed by atoms with Crippen molar-refractivity contribution in [1.82, 2.24) is 9.97 Å². The highest BCUT2D eigenvalue weighted by Crippen LogP contribution is 2.24. The van der Waals surface area contributed by atoms with Crippen LogP contribution in [0.3, 0.4) is 0 Å². The summed E-state index contributed by atoms with van der Waals surface area (Å²) in [6.07, 6.45) is 1.55. The Morgan fingerprint density at radius 3 is 3.00 bits per heavy atom. The van der Waals surface area contributed by atoms with Crippen LogP contribution in [-0.2, 0) is 0 Å². The van der Waals surface area contributed by atoms with Gasteiger partial charge in [0.25, 0.3) is 0 Å². The van der Waals surface area contributed by atoms with E-state index in [0.29, 0.717) is 11.4 Å². The summed E-state index contributed by atoms with van der Waals surface area (Å²) in [4.78, 5) is 8.65. The van der Waals surface area contributed by atoms with Gasteiger partial charge in [-0.1, -0.05) is 0 Å². The lowest BCUT2D eigenvalue weighted by Crippen LogP contribution is -2.05. The van der Waals surface area contributed by atoms with Gasteiger partial charge in [-0.25, -0.2) is 9.97 Å². The Bertz CT molecular complexity index is 523. The monoisotopic (exact) mass is 252 g/mol. The number of hydrogen-bond acceptors (Lipinski definition) is 5. The molecule has 0 spiro atoms. The third-order valence-electron chi connectivity index (χ3n) is 2.04. The number of hydrogen-bond donors (Lipinski definition) is 2. The third-order valence-corrected chi connectivity index (χ3v) is 3.16. The average molecular weight is 253 g/mol. The Hall–Kier alpha value is -1.46. The number of anilines is 1. The van der Waals surface area contributed by atoms with Crippen molar-refractivity contribution < 1.29 is 0 Å². The Morgan fingerprint density at radius 1 is 1.50 bits per heavy atom. The number of thiophene rings is 1. The quantitative estimate of drug-likeness (QED) is 0.652. The number of nitrogens with zero attached hydrogens (tertiary/aromatic N) is 2. The first-order valence-corrected chi connectivity index (χ1v) is 5.81. The lowest BCUT2D eigenvalue weighted by atomic mass is 10.2. The molecular formula is C10H9ClN4S. The molecule has 0 aliphatic rings. The van der Waals surface area contributed by atoms with Crippen LogP contribution in [0.25, 0.3) is 0 Å². The van der Waals surface area contributed by atoms with Gasteiger partial charge in [-0.15, -0.1) is 11.3 Å². The van der Waals surface area contributed by atoms with Gasteiger partial charge in [-0.3, -0.25) is 5.41 Å². The normalized spacial score (nSPS) is 10.1. The first-order valence-electron chi connectivity index (χ1n) is 4.55. The summed E-state index contributed by atoms with van der Waals surface area (Å²) in [6, 6.07) is 3.60. The van der Waals surface area contributed by atoms with Gasteiger partial charge in [0.15, 0.2) is 0 Å². The van der Waals surface area contributed by atoms with E-state index >= 15 is 0 Å². The second kappa shape index (κ2) is 4.59. The van der Waals surface area contributed by atoms with Gasteiger partial charge in [0.2, 0.25) is 5.28 Å². The van der Waals surface area contributed by atoms with Crippen LogP contribution < -0.4 is 5.32 Å². The molecule has 0 saturated carbocycles. The van der Waals surface area contributed by atoms with E-state index in [1.165, 1.54) is 11.3 Å². The molecule has 0 bridgehead atoms. The number of halogens is 1. The zero-order valence-electron chi connectivity index (χ0n) is 8.49. The molecule has 0 atom stereocenters. The van der Waals surface area contributed by atoms with Crippen molar-refractivity contribution in [1.29, 1.82) is 5.41 Å². The van der Waals surface area contributed by atoms with Crippen LogP contribution in [0.2, 0.25) is 5.28 Å². The van der Waals surface area contributed by atoms with E-state index in [4.69, 9.17) is 17.0 Å². The molecule has 0 aliphatic carbocycles. The van der Waals surface area contributed by atoms with Crippen molar-refractivity contribution >= 4 is 34.3 Å². The van der Waals surface area contributed by atoms with Gasteiger partial charge in [-0.2, -0.15) is 0 Å². The zero-order chi connectivity index (χ0) is 11.5. The summed E-state index contributed by atoms with van der Waals surface area (Å²) in [5.74, 6) is 0. The standard InChI is InChI=1S/C10H9ClN4S/c1-13-7-3-5-16-9(7)8(12)6-2-4-14-10(11)15-6/h2-5,12-13H,1H3. The number of nitrogens with one attached hydrogen (secondary N) is 2. The van der Waals surface area contributed by atoms with Crippen molar-refractivity contribution in [2.24, 2.45) is 0 Å². The first-order chi connectivity index (χ1) is 7.72. The topological polar surface area (TPSA) is 61.7 Å². The predicted molar refractivity (Wildman–Crippen MR) is 66.8 cm³/mol. The van der Waals surface area contributed by atoms with Gasteiger partial charge in [-0.05, 0) is 29.1 Å². The highest BCUT2D eigenvalue weighted by Gasteiger charge is 2.12. The highest BCUT2D eigenvalue weighted by atomic mass is 35.5. The summed E-state index contributed by atoms with van der Waals surface area (Å²) < 4.78 is 0. The summed E-state index contributed by atoms with van der Waals surface area (Å²) in [7, 11) is 1.83. The Labute approximate surface area is 102 Å². The van der Waals surface area contributed by atoms with E-state index in [1.54, 1.807) is 12.3 Å². The van der Waals surface area contributed by atoms with E-state index in [2.05, 4.69) is 15.3 Å². The molecule has 0 aliphatic heterocycles. The lowest BCUT2D eigenvalue weighted by Gasteiger charge is -2.04. The molecule has 0 amide bonds. The second-order valence-electron chi connectivity index (χ2n) is 3.00. The summed E-state index contributed by atoms with van der Waals surface area (Å²) in [6.45, 7) is 0. The van der Waals surface area contributed by atoms with E-state index in [9.17, 15) is 0 Å². The van der Waals surface area contributed by atoms with Crippen LogP contribution in [0, 0.1) is 5.41 Å². The number of rotatable bonds is 3. The molecule has 6 heteroatoms. The zero-order valence-corrected chi connectivity index (χ0v) is 10.1. The van der Waals surface area contributed by atoms with Crippen molar-refractivity contribution in [2.75, 3.05) is 12.4 Å². The molecule has 2 rings (SSSR count). The largest absolute Gasteiger partial charge is 0.387 e. The molecule has 82 valence electrons. The maximum absolute atomic E-state index is 8.05. The fourth-order valence-corrected chi connectivity index (χ4v) is 2.30. The fourth-order valence-electron chi connectivity index (χ4n) is 1.29. The van der Waals surface area contributed by atoms with Crippen molar-refractivity contribution in [2.45, 2.75) is 0 Å². The lowest BCUT2D eigenvalue weighted by molar-refractivity contribution is 1.15. The Balaban J connectivity index is 2.39. The molecule has 2 N–H and O–H groups in total. The molecule has 2 aromatic heterocycles. The molecule has 16 heavy (non-hydrogen) atoms. The summed E-state index contributed by atoms with van der Waals surface area (Å²) >= 11 is 7.19. The number of aromatic nitrogens is 2. The molecule has 0 unspecified atom stereocenters. The van der Waals surface area contributed by atoms with E-state index in [1.807, 2.05) is 18.5 Å². The molecule has 0 radical (unpaired) electrons. The molecule has 2 heterocycles. The van der Waals surface area contributed by atoms with Gasteiger partial charge >= 0.3 is 0 Å². The average Bonchev–Trinajstić information content (AvgIpc) is 2.76. The van der Waals surface area contributed by atoms with Crippen LogP contribution in [0.15, 0.2) is 23.7 Å². The van der Waals surface area contributed by atoms with Gasteiger partial charge in [0.1, 0.15) is 0 Å². The summed E-state index contributed by atoms with van der Waals surface area (Å²) in [5.41, 5.74) is 1.80. The third kappa shape index (κ3) is 2.05. The molecule has 0 saturated heterocycles. The molecule has 0 aromatic carbocycles. The second-order valence-corrected chi connectivity index (χ2v) is 4.25. The molecule has 2 aromatic rings. The highest BCUT2D eigenvalue weighted by molar-refractivity contribution is 7.13. The van der Waals surface area contributed by atoms with Crippen molar-refractivity contribution in [3.63, 3.8) is 0 Å². The SMILES string of the molecule is CNc1ccsc1C(=N)c1ccnc(Cl)n1. The van der Waals surface area contributed by atoms with Gasteiger partial charge < -0.3 is 5.32 Å². The molecule has 4 nitrogen and oxygen atoms in total. The first kappa shape index (κ1) is 11.0. The van der Waals surface area contributed by atoms with Crippen molar-refractivity contribution in [3.05, 3.63) is 39.6 Å². The Morgan fingerprint density at radius 2 is 2.31 bits per heavy atom. The van der Waals surface area contributed by atoms with E-state index in [0.717, 1.165) is 10.6 Å². The maximum atomic E-state index is 8.05. The predicted octanol–water partition coefficient (Wildman–Crippen LogP) is 2.65. The minimum Gasteiger partial charge on any atom is -0.387 e. The van der Waals surface area contributed by atoms with Crippen LogP contribution in [0.4, 0.5) is 5.69 Å². The van der Waals surface area contributed by atoms with Crippen molar-refractivity contribution in [3.8, 4) is 0 Å². The Kier molecular flexibility index (Phi) is 3.17. The minimum atomic E-state index is 0.157. The van der Waals surface area contributed by atoms with E-state index in [-0.39, 0.29) is 5.28 Å². The summed E-state index contributed by atoms with van der Waals surface area (Å²) in [5, 5.41) is 13.2. The fraction of sp³-hybridized carbons (Fsp3) is 0.100.